The van der Waals surface area contributed by atoms with Crippen LogP contribution in [0.25, 0.3) is 22.8 Å². The van der Waals surface area contributed by atoms with Crippen LogP contribution in [0, 0.1) is 11.6 Å². The lowest BCUT2D eigenvalue weighted by Gasteiger charge is -1.97. The first kappa shape index (κ1) is 11.5. The molecule has 0 saturated carbocycles. The lowest BCUT2D eigenvalue weighted by molar-refractivity contribution is 0.427. The molecule has 0 aliphatic rings. The smallest absolute Gasteiger partial charge is 0.261 e. The highest BCUT2D eigenvalue weighted by Gasteiger charge is 2.16. The van der Waals surface area contributed by atoms with E-state index in [2.05, 4.69) is 10.1 Å². The van der Waals surface area contributed by atoms with Crippen LogP contribution in [0.5, 0.6) is 0 Å². The second-order valence-corrected chi connectivity index (χ2v) is 3.89. The molecule has 0 amide bonds. The minimum Gasteiger partial charge on any atom is -0.334 e. The van der Waals surface area contributed by atoms with Gasteiger partial charge in [-0.2, -0.15) is 4.98 Å². The number of rotatable bonds is 2. The molecule has 2 aromatic carbocycles. The summed E-state index contributed by atoms with van der Waals surface area (Å²) < 4.78 is 31.7. The lowest BCUT2D eigenvalue weighted by Crippen LogP contribution is -1.89. The fourth-order valence-electron chi connectivity index (χ4n) is 1.71. The van der Waals surface area contributed by atoms with Crippen LogP contribution >= 0.6 is 0 Å². The van der Waals surface area contributed by atoms with E-state index in [1.807, 2.05) is 18.2 Å². The zero-order valence-electron chi connectivity index (χ0n) is 9.68. The molecule has 19 heavy (non-hydrogen) atoms. The third-order valence-electron chi connectivity index (χ3n) is 2.64. The number of nitrogens with zero attached hydrogens (tertiary/aromatic N) is 2. The molecule has 0 spiro atoms. The van der Waals surface area contributed by atoms with Crippen LogP contribution in [-0.4, -0.2) is 10.1 Å². The van der Waals surface area contributed by atoms with Crippen molar-refractivity contribution in [3.8, 4) is 22.8 Å². The van der Waals surface area contributed by atoms with E-state index in [4.69, 9.17) is 4.52 Å². The largest absolute Gasteiger partial charge is 0.334 e. The van der Waals surface area contributed by atoms with Gasteiger partial charge in [0, 0.05) is 5.56 Å². The molecule has 1 heterocycles. The summed E-state index contributed by atoms with van der Waals surface area (Å²) in [6, 6.07) is 12.9. The predicted molar refractivity (Wildman–Crippen MR) is 65.1 cm³/mol. The third kappa shape index (κ3) is 2.10. The number of hydrogen-bond donors (Lipinski definition) is 0. The molecule has 0 unspecified atom stereocenters. The van der Waals surface area contributed by atoms with Gasteiger partial charge >= 0.3 is 0 Å². The first-order valence-electron chi connectivity index (χ1n) is 5.59. The van der Waals surface area contributed by atoms with Gasteiger partial charge in [-0.3, -0.25) is 0 Å². The van der Waals surface area contributed by atoms with Crippen molar-refractivity contribution in [1.82, 2.24) is 10.1 Å². The van der Waals surface area contributed by atoms with Gasteiger partial charge in [0.15, 0.2) is 11.6 Å². The second kappa shape index (κ2) is 4.61. The SMILES string of the molecule is Fc1cccc(-c2nc(-c3ccccc3)no2)c1F. The Labute approximate surface area is 107 Å². The molecule has 3 nitrogen and oxygen atoms in total. The molecule has 3 aromatic rings. The van der Waals surface area contributed by atoms with E-state index in [-0.39, 0.29) is 11.5 Å². The maximum absolute atomic E-state index is 13.6. The summed E-state index contributed by atoms with van der Waals surface area (Å²) in [7, 11) is 0. The summed E-state index contributed by atoms with van der Waals surface area (Å²) in [5, 5.41) is 3.76. The summed E-state index contributed by atoms with van der Waals surface area (Å²) >= 11 is 0. The van der Waals surface area contributed by atoms with Gasteiger partial charge < -0.3 is 4.52 Å². The van der Waals surface area contributed by atoms with Gasteiger partial charge in [-0.05, 0) is 12.1 Å². The Kier molecular flexibility index (Phi) is 2.79. The maximum atomic E-state index is 13.6. The molecule has 0 N–H and O–H groups in total. The molecule has 0 radical (unpaired) electrons. The molecule has 94 valence electrons. The highest BCUT2D eigenvalue weighted by atomic mass is 19.2. The summed E-state index contributed by atoms with van der Waals surface area (Å²) in [5.41, 5.74) is 0.698. The second-order valence-electron chi connectivity index (χ2n) is 3.89. The van der Waals surface area contributed by atoms with Crippen molar-refractivity contribution in [1.29, 1.82) is 0 Å². The van der Waals surface area contributed by atoms with Gasteiger partial charge in [-0.25, -0.2) is 8.78 Å². The van der Waals surface area contributed by atoms with Gasteiger partial charge in [-0.1, -0.05) is 41.6 Å². The Hall–Kier alpha value is -2.56. The van der Waals surface area contributed by atoms with E-state index in [1.165, 1.54) is 12.1 Å². The Morgan fingerprint density at radius 1 is 0.895 bits per heavy atom. The van der Waals surface area contributed by atoms with Crippen molar-refractivity contribution in [2.45, 2.75) is 0 Å². The Morgan fingerprint density at radius 3 is 2.47 bits per heavy atom. The molecule has 0 bridgehead atoms. The normalized spacial score (nSPS) is 10.6. The van der Waals surface area contributed by atoms with Crippen LogP contribution in [0.15, 0.2) is 53.1 Å². The van der Waals surface area contributed by atoms with Crippen LogP contribution in [0.2, 0.25) is 0 Å². The van der Waals surface area contributed by atoms with Crippen LogP contribution in [0.3, 0.4) is 0 Å². The van der Waals surface area contributed by atoms with Crippen LogP contribution in [0.4, 0.5) is 8.78 Å². The highest BCUT2D eigenvalue weighted by Crippen LogP contribution is 2.25. The first-order chi connectivity index (χ1) is 9.25. The van der Waals surface area contributed by atoms with Gasteiger partial charge in [0.1, 0.15) is 0 Å². The summed E-state index contributed by atoms with van der Waals surface area (Å²) in [5.74, 6) is -1.65. The predicted octanol–water partition coefficient (Wildman–Crippen LogP) is 3.68. The molecule has 0 aliphatic heterocycles. The van der Waals surface area contributed by atoms with Gasteiger partial charge in [0.25, 0.3) is 5.89 Å². The molecule has 1 aromatic heterocycles. The van der Waals surface area contributed by atoms with Crippen LogP contribution < -0.4 is 0 Å². The van der Waals surface area contributed by atoms with Gasteiger partial charge in [-0.15, -0.1) is 0 Å². The first-order valence-corrected chi connectivity index (χ1v) is 5.59. The van der Waals surface area contributed by atoms with Gasteiger partial charge in [0.2, 0.25) is 5.82 Å². The van der Waals surface area contributed by atoms with Gasteiger partial charge in [0.05, 0.1) is 5.56 Å². The van der Waals surface area contributed by atoms with E-state index in [0.29, 0.717) is 5.82 Å². The van der Waals surface area contributed by atoms with E-state index < -0.39 is 11.6 Å². The summed E-state index contributed by atoms with van der Waals surface area (Å²) in [6.45, 7) is 0. The Morgan fingerprint density at radius 2 is 1.68 bits per heavy atom. The van der Waals surface area contributed by atoms with E-state index in [9.17, 15) is 8.78 Å². The molecule has 0 aliphatic carbocycles. The number of hydrogen-bond acceptors (Lipinski definition) is 3. The minimum atomic E-state index is -0.995. The lowest BCUT2D eigenvalue weighted by atomic mass is 10.2. The van der Waals surface area contributed by atoms with E-state index in [0.717, 1.165) is 11.6 Å². The molecular weight excluding hydrogens is 250 g/mol. The third-order valence-corrected chi connectivity index (χ3v) is 2.64. The van der Waals surface area contributed by atoms with Crippen LogP contribution in [-0.2, 0) is 0 Å². The fourth-order valence-corrected chi connectivity index (χ4v) is 1.71. The van der Waals surface area contributed by atoms with Crippen molar-refractivity contribution < 1.29 is 13.3 Å². The van der Waals surface area contributed by atoms with Crippen molar-refractivity contribution >= 4 is 0 Å². The minimum absolute atomic E-state index is 0.0455. The fraction of sp³-hybridized carbons (Fsp3) is 0. The molecule has 3 rings (SSSR count). The molecular formula is C14H8F2N2O. The molecule has 0 fully saturated rings. The zero-order valence-corrected chi connectivity index (χ0v) is 9.68. The zero-order chi connectivity index (χ0) is 13.2. The molecule has 5 heteroatoms. The van der Waals surface area contributed by atoms with Crippen molar-refractivity contribution in [2.24, 2.45) is 0 Å². The van der Waals surface area contributed by atoms with E-state index >= 15 is 0 Å². The molecule has 0 atom stereocenters. The number of aromatic nitrogens is 2. The number of benzene rings is 2. The van der Waals surface area contributed by atoms with E-state index in [1.54, 1.807) is 12.1 Å². The molecule has 0 saturated heterocycles. The number of halogens is 2. The quantitative estimate of drug-likeness (QED) is 0.703. The maximum Gasteiger partial charge on any atom is 0.261 e. The highest BCUT2D eigenvalue weighted by molar-refractivity contribution is 5.60. The van der Waals surface area contributed by atoms with Crippen LogP contribution in [0.1, 0.15) is 0 Å². The monoisotopic (exact) mass is 258 g/mol. The Balaban J connectivity index is 2.05. The standard InChI is InChI=1S/C14H8F2N2O/c15-11-8-4-7-10(12(11)16)14-17-13(18-19-14)9-5-2-1-3-6-9/h1-8H. The van der Waals surface area contributed by atoms with Crippen molar-refractivity contribution in [2.75, 3.05) is 0 Å². The topological polar surface area (TPSA) is 38.9 Å². The average molecular weight is 258 g/mol. The Bertz CT molecular complexity index is 710. The average Bonchev–Trinajstić information content (AvgIpc) is 2.92. The summed E-state index contributed by atoms with van der Waals surface area (Å²) in [6.07, 6.45) is 0. The summed E-state index contributed by atoms with van der Waals surface area (Å²) in [4.78, 5) is 4.07. The van der Waals surface area contributed by atoms with Crippen molar-refractivity contribution in [3.63, 3.8) is 0 Å². The van der Waals surface area contributed by atoms with Crippen molar-refractivity contribution in [3.05, 3.63) is 60.2 Å².